The van der Waals surface area contributed by atoms with Crippen LogP contribution in [-0.4, -0.2) is 27.3 Å². The minimum absolute atomic E-state index is 0.0488. The van der Waals surface area contributed by atoms with Crippen molar-refractivity contribution in [2.45, 2.75) is 6.61 Å². The number of carbonyl (C=O) groups excluding carboxylic acids is 1. The van der Waals surface area contributed by atoms with Gasteiger partial charge in [0.2, 0.25) is 0 Å². The maximum absolute atomic E-state index is 12.4. The Labute approximate surface area is 150 Å². The Morgan fingerprint density at radius 2 is 1.50 bits per heavy atom. The predicted octanol–water partition coefficient (Wildman–Crippen LogP) is 4.38. The number of benzene rings is 2. The van der Waals surface area contributed by atoms with E-state index in [9.17, 15) is 4.79 Å². The number of halogens is 2. The van der Waals surface area contributed by atoms with Gasteiger partial charge in [0, 0.05) is 12.1 Å². The van der Waals surface area contributed by atoms with Crippen molar-refractivity contribution in [1.29, 1.82) is 0 Å². The summed E-state index contributed by atoms with van der Waals surface area (Å²) in [5, 5.41) is 0.835. The first-order valence-electron chi connectivity index (χ1n) is 6.91. The highest BCUT2D eigenvalue weighted by Gasteiger charge is 2.19. The van der Waals surface area contributed by atoms with Crippen molar-refractivity contribution in [3.8, 4) is 17.2 Å². The smallest absolute Gasteiger partial charge is 0.342 e. The zero-order chi connectivity index (χ0) is 17.7. The first kappa shape index (κ1) is 18.2. The molecule has 0 atom stereocenters. The van der Waals surface area contributed by atoms with Crippen molar-refractivity contribution < 1.29 is 23.7 Å². The van der Waals surface area contributed by atoms with Crippen LogP contribution in [0.4, 0.5) is 0 Å². The van der Waals surface area contributed by atoms with Crippen LogP contribution in [0.25, 0.3) is 0 Å². The highest BCUT2D eigenvalue weighted by molar-refractivity contribution is 6.42. The monoisotopic (exact) mass is 370 g/mol. The maximum Gasteiger partial charge on any atom is 0.342 e. The van der Waals surface area contributed by atoms with Crippen LogP contribution in [0.15, 0.2) is 30.3 Å². The second-order valence-corrected chi connectivity index (χ2v) is 5.55. The van der Waals surface area contributed by atoms with E-state index in [1.807, 2.05) is 0 Å². The van der Waals surface area contributed by atoms with Gasteiger partial charge in [-0.05, 0) is 17.7 Å². The molecular weight excluding hydrogens is 355 g/mol. The SMILES string of the molecule is COc1cc(OC)c(C(=O)OCc2ccc(Cl)c(Cl)c2)cc1OC. The molecule has 0 aliphatic carbocycles. The summed E-state index contributed by atoms with van der Waals surface area (Å²) in [6, 6.07) is 8.09. The van der Waals surface area contributed by atoms with Crippen molar-refractivity contribution in [3.05, 3.63) is 51.5 Å². The number of methoxy groups -OCH3 is 3. The first-order chi connectivity index (χ1) is 11.5. The average Bonchev–Trinajstić information content (AvgIpc) is 2.61. The molecule has 128 valence electrons. The molecule has 0 aromatic heterocycles. The third-order valence-electron chi connectivity index (χ3n) is 3.28. The minimum Gasteiger partial charge on any atom is -0.496 e. The second-order valence-electron chi connectivity index (χ2n) is 4.73. The van der Waals surface area contributed by atoms with Crippen LogP contribution in [0.3, 0.4) is 0 Å². The number of esters is 1. The molecule has 0 N–H and O–H groups in total. The fourth-order valence-corrected chi connectivity index (χ4v) is 2.37. The third-order valence-corrected chi connectivity index (χ3v) is 4.02. The van der Waals surface area contributed by atoms with E-state index < -0.39 is 5.97 Å². The highest BCUT2D eigenvalue weighted by Crippen LogP contribution is 2.35. The Balaban J connectivity index is 2.20. The molecule has 0 unspecified atom stereocenters. The highest BCUT2D eigenvalue weighted by atomic mass is 35.5. The van der Waals surface area contributed by atoms with Crippen molar-refractivity contribution >= 4 is 29.2 Å². The molecule has 24 heavy (non-hydrogen) atoms. The summed E-state index contributed by atoms with van der Waals surface area (Å²) in [6.45, 7) is 0.0488. The molecule has 2 aromatic rings. The maximum atomic E-state index is 12.4. The van der Waals surface area contributed by atoms with Crippen LogP contribution in [0, 0.1) is 0 Å². The number of ether oxygens (including phenoxy) is 4. The van der Waals surface area contributed by atoms with E-state index in [-0.39, 0.29) is 12.2 Å². The Hall–Kier alpha value is -2.11. The number of rotatable bonds is 6. The van der Waals surface area contributed by atoms with E-state index in [0.717, 1.165) is 5.56 Å². The number of hydrogen-bond donors (Lipinski definition) is 0. The molecule has 0 fully saturated rings. The normalized spacial score (nSPS) is 10.2. The number of hydrogen-bond acceptors (Lipinski definition) is 5. The van der Waals surface area contributed by atoms with Crippen LogP contribution in [0.5, 0.6) is 17.2 Å². The fourth-order valence-electron chi connectivity index (χ4n) is 2.04. The standard InChI is InChI=1S/C17H16Cl2O5/c1-21-14-8-16(23-3)15(22-2)7-11(14)17(20)24-9-10-4-5-12(18)13(19)6-10/h4-8H,9H2,1-3H3. The zero-order valence-corrected chi connectivity index (χ0v) is 14.9. The van der Waals surface area contributed by atoms with Gasteiger partial charge in [-0.1, -0.05) is 29.3 Å². The Morgan fingerprint density at radius 3 is 2.08 bits per heavy atom. The second kappa shape index (κ2) is 8.13. The summed E-state index contributed by atoms with van der Waals surface area (Å²) >= 11 is 11.8. The zero-order valence-electron chi connectivity index (χ0n) is 13.4. The van der Waals surface area contributed by atoms with Gasteiger partial charge in [-0.2, -0.15) is 0 Å². The van der Waals surface area contributed by atoms with Gasteiger partial charge in [-0.15, -0.1) is 0 Å². The molecule has 0 aliphatic rings. The summed E-state index contributed by atoms with van der Waals surface area (Å²) in [5.74, 6) is 0.626. The van der Waals surface area contributed by atoms with E-state index in [1.165, 1.54) is 27.4 Å². The van der Waals surface area contributed by atoms with E-state index in [1.54, 1.807) is 24.3 Å². The molecule has 7 heteroatoms. The van der Waals surface area contributed by atoms with E-state index >= 15 is 0 Å². The third kappa shape index (κ3) is 4.04. The molecule has 5 nitrogen and oxygen atoms in total. The molecule has 0 saturated carbocycles. The van der Waals surface area contributed by atoms with Crippen LogP contribution in [0.2, 0.25) is 10.0 Å². The summed E-state index contributed by atoms with van der Waals surface area (Å²) < 4.78 is 20.9. The molecule has 2 aromatic carbocycles. The van der Waals surface area contributed by atoms with Crippen LogP contribution in [-0.2, 0) is 11.3 Å². The summed E-state index contributed by atoms with van der Waals surface area (Å²) in [5.41, 5.74) is 0.951. The molecule has 0 spiro atoms. The first-order valence-corrected chi connectivity index (χ1v) is 7.66. The van der Waals surface area contributed by atoms with Gasteiger partial charge in [0.15, 0.2) is 11.5 Å². The van der Waals surface area contributed by atoms with Gasteiger partial charge in [0.1, 0.15) is 17.9 Å². The quantitative estimate of drug-likeness (QED) is 0.706. The van der Waals surface area contributed by atoms with Gasteiger partial charge in [0.25, 0.3) is 0 Å². The lowest BCUT2D eigenvalue weighted by Crippen LogP contribution is -2.08. The lowest BCUT2D eigenvalue weighted by atomic mass is 10.1. The molecule has 0 saturated heterocycles. The van der Waals surface area contributed by atoms with Gasteiger partial charge in [0.05, 0.1) is 31.4 Å². The molecule has 2 rings (SSSR count). The predicted molar refractivity (Wildman–Crippen MR) is 91.7 cm³/mol. The fraction of sp³-hybridized carbons (Fsp3) is 0.235. The van der Waals surface area contributed by atoms with E-state index in [2.05, 4.69) is 0 Å². The molecule has 0 aliphatic heterocycles. The van der Waals surface area contributed by atoms with Gasteiger partial charge in [-0.25, -0.2) is 4.79 Å². The topological polar surface area (TPSA) is 54.0 Å². The van der Waals surface area contributed by atoms with Crippen LogP contribution >= 0.6 is 23.2 Å². The van der Waals surface area contributed by atoms with Crippen molar-refractivity contribution in [2.24, 2.45) is 0 Å². The Bertz CT molecular complexity index is 746. The largest absolute Gasteiger partial charge is 0.496 e. The van der Waals surface area contributed by atoms with Gasteiger partial charge in [-0.3, -0.25) is 0 Å². The van der Waals surface area contributed by atoms with Crippen LogP contribution in [0.1, 0.15) is 15.9 Å². The Morgan fingerprint density at radius 1 is 0.875 bits per heavy atom. The minimum atomic E-state index is -0.557. The lowest BCUT2D eigenvalue weighted by molar-refractivity contribution is 0.0468. The van der Waals surface area contributed by atoms with Crippen molar-refractivity contribution in [1.82, 2.24) is 0 Å². The van der Waals surface area contributed by atoms with Gasteiger partial charge >= 0.3 is 5.97 Å². The van der Waals surface area contributed by atoms with Gasteiger partial charge < -0.3 is 18.9 Å². The molecule has 0 bridgehead atoms. The van der Waals surface area contributed by atoms with E-state index in [0.29, 0.717) is 27.3 Å². The summed E-state index contributed by atoms with van der Waals surface area (Å²) in [6.07, 6.45) is 0. The molecule has 0 amide bonds. The van der Waals surface area contributed by atoms with Crippen LogP contribution < -0.4 is 14.2 Å². The van der Waals surface area contributed by atoms with E-state index in [4.69, 9.17) is 42.1 Å². The molecule has 0 heterocycles. The average molecular weight is 371 g/mol. The lowest BCUT2D eigenvalue weighted by Gasteiger charge is -2.13. The summed E-state index contributed by atoms with van der Waals surface area (Å²) in [7, 11) is 4.44. The summed E-state index contributed by atoms with van der Waals surface area (Å²) in [4.78, 5) is 12.4. The van der Waals surface area contributed by atoms with Crippen molar-refractivity contribution in [2.75, 3.05) is 21.3 Å². The molecule has 0 radical (unpaired) electrons. The Kier molecular flexibility index (Phi) is 6.17. The molecular formula is C17H16Cl2O5. The number of carbonyl (C=O) groups is 1. The van der Waals surface area contributed by atoms with Crippen molar-refractivity contribution in [3.63, 3.8) is 0 Å².